The van der Waals surface area contributed by atoms with Crippen molar-refractivity contribution in [1.82, 2.24) is 24.9 Å². The fourth-order valence-corrected chi connectivity index (χ4v) is 4.40. The minimum absolute atomic E-state index is 0.0339. The van der Waals surface area contributed by atoms with Gasteiger partial charge in [0, 0.05) is 34.1 Å². The van der Waals surface area contributed by atoms with Gasteiger partial charge in [0.2, 0.25) is 0 Å². The van der Waals surface area contributed by atoms with Gasteiger partial charge in [-0.05, 0) is 37.3 Å². The highest BCUT2D eigenvalue weighted by Gasteiger charge is 2.31. The Morgan fingerprint density at radius 1 is 1.00 bits per heavy atom. The lowest BCUT2D eigenvalue weighted by atomic mass is 9.99. The largest absolute Gasteiger partial charge is 0.416 e. The summed E-state index contributed by atoms with van der Waals surface area (Å²) < 4.78 is 41.1. The monoisotopic (exact) mass is 536 g/mol. The molecule has 192 valence electrons. The number of carbonyl (C=O) groups excluding carboxylic acids is 1. The zero-order chi connectivity index (χ0) is 27.0. The van der Waals surface area contributed by atoms with E-state index in [-0.39, 0.29) is 17.0 Å². The molecule has 0 bridgehead atoms. The molecule has 1 amide bonds. The van der Waals surface area contributed by atoms with Crippen LogP contribution >= 0.6 is 11.6 Å². The lowest BCUT2D eigenvalue weighted by Crippen LogP contribution is -2.27. The number of alkyl halides is 3. The second-order valence-electron chi connectivity index (χ2n) is 8.52. The topological polar surface area (TPSA) is 98.2 Å². The van der Waals surface area contributed by atoms with E-state index in [0.29, 0.717) is 33.1 Å². The SMILES string of the molecule is CC(NC(=O)c1c(N)nn2c(-c3ccc(C(F)(F)F)cc3)c(-c3ccccc3Cl)cnc12)c1ccccn1. The number of fused-ring (bicyclic) bond motifs is 1. The number of amides is 1. The van der Waals surface area contributed by atoms with Crippen molar-refractivity contribution in [3.05, 3.63) is 101 Å². The number of nitrogens with zero attached hydrogens (tertiary/aromatic N) is 4. The van der Waals surface area contributed by atoms with Gasteiger partial charge < -0.3 is 11.1 Å². The fraction of sp³-hybridized carbons (Fsp3) is 0.111. The molecular formula is C27H20ClF3N6O. The van der Waals surface area contributed by atoms with Crippen molar-refractivity contribution < 1.29 is 18.0 Å². The molecule has 5 rings (SSSR count). The van der Waals surface area contributed by atoms with Crippen LogP contribution in [0.25, 0.3) is 28.0 Å². The standard InChI is InChI=1S/C27H20ClF3N6O/c1-15(21-8-4-5-13-33-21)35-26(38)22-24(32)36-37-23(16-9-11-17(12-10-16)27(29,30)31)19(14-34-25(22)37)18-6-2-3-7-20(18)28/h2-15H,1H3,(H2,32,36)(H,35,38). The summed E-state index contributed by atoms with van der Waals surface area (Å²) in [6, 6.07) is 16.5. The number of nitrogens with one attached hydrogen (secondary N) is 1. The number of hydrogen-bond acceptors (Lipinski definition) is 5. The van der Waals surface area contributed by atoms with E-state index in [1.807, 2.05) is 6.07 Å². The van der Waals surface area contributed by atoms with Crippen LogP contribution in [-0.2, 0) is 6.18 Å². The summed E-state index contributed by atoms with van der Waals surface area (Å²) in [5, 5.41) is 7.62. The van der Waals surface area contributed by atoms with Crippen molar-refractivity contribution in [3.63, 3.8) is 0 Å². The second-order valence-corrected chi connectivity index (χ2v) is 8.93. The van der Waals surface area contributed by atoms with Gasteiger partial charge >= 0.3 is 6.18 Å². The molecule has 0 aliphatic carbocycles. The Labute approximate surface area is 220 Å². The molecule has 11 heteroatoms. The molecule has 1 atom stereocenters. The van der Waals surface area contributed by atoms with Crippen LogP contribution in [0.3, 0.4) is 0 Å². The van der Waals surface area contributed by atoms with Gasteiger partial charge in [0.1, 0.15) is 5.56 Å². The third-order valence-corrected chi connectivity index (χ3v) is 6.36. The van der Waals surface area contributed by atoms with Crippen molar-refractivity contribution in [1.29, 1.82) is 0 Å². The Morgan fingerprint density at radius 3 is 2.37 bits per heavy atom. The molecule has 5 aromatic rings. The van der Waals surface area contributed by atoms with Gasteiger partial charge in [-0.2, -0.15) is 13.2 Å². The van der Waals surface area contributed by atoms with E-state index in [1.165, 1.54) is 22.8 Å². The highest BCUT2D eigenvalue weighted by atomic mass is 35.5. The second kappa shape index (κ2) is 9.79. The van der Waals surface area contributed by atoms with Gasteiger partial charge in [0.15, 0.2) is 11.5 Å². The zero-order valence-electron chi connectivity index (χ0n) is 19.9. The highest BCUT2D eigenvalue weighted by Crippen LogP contribution is 2.38. The molecule has 0 fully saturated rings. The van der Waals surface area contributed by atoms with Crippen molar-refractivity contribution in [2.24, 2.45) is 0 Å². The Hall–Kier alpha value is -4.44. The predicted octanol–water partition coefficient (Wildman–Crippen LogP) is 6.20. The molecule has 0 aliphatic heterocycles. The van der Waals surface area contributed by atoms with E-state index in [9.17, 15) is 18.0 Å². The average Bonchev–Trinajstić information content (AvgIpc) is 3.24. The smallest absolute Gasteiger partial charge is 0.381 e. The summed E-state index contributed by atoms with van der Waals surface area (Å²) in [6.45, 7) is 1.78. The predicted molar refractivity (Wildman–Crippen MR) is 138 cm³/mol. The summed E-state index contributed by atoms with van der Waals surface area (Å²) >= 11 is 6.46. The highest BCUT2D eigenvalue weighted by molar-refractivity contribution is 6.33. The van der Waals surface area contributed by atoms with Crippen LogP contribution in [0.1, 0.15) is 34.6 Å². The number of carbonyl (C=O) groups is 1. The van der Waals surface area contributed by atoms with Gasteiger partial charge in [0.05, 0.1) is 23.0 Å². The lowest BCUT2D eigenvalue weighted by molar-refractivity contribution is -0.137. The summed E-state index contributed by atoms with van der Waals surface area (Å²) in [5.41, 5.74) is 8.08. The molecule has 0 saturated heterocycles. The molecule has 0 spiro atoms. The number of aromatic nitrogens is 4. The molecule has 38 heavy (non-hydrogen) atoms. The minimum atomic E-state index is -4.50. The number of anilines is 1. The number of nitrogen functional groups attached to an aromatic ring is 1. The van der Waals surface area contributed by atoms with E-state index in [4.69, 9.17) is 17.3 Å². The molecule has 1 unspecified atom stereocenters. The van der Waals surface area contributed by atoms with E-state index in [1.54, 1.807) is 49.5 Å². The Morgan fingerprint density at radius 2 is 1.71 bits per heavy atom. The van der Waals surface area contributed by atoms with Crippen LogP contribution in [0.4, 0.5) is 19.0 Å². The fourth-order valence-electron chi connectivity index (χ4n) is 4.17. The molecule has 0 saturated carbocycles. The quantitative estimate of drug-likeness (QED) is 0.278. The Bertz CT molecular complexity index is 1640. The number of hydrogen-bond donors (Lipinski definition) is 2. The summed E-state index contributed by atoms with van der Waals surface area (Å²) in [5.74, 6) is -0.611. The first-order valence-electron chi connectivity index (χ1n) is 11.5. The average molecular weight is 537 g/mol. The van der Waals surface area contributed by atoms with Gasteiger partial charge in [-0.1, -0.05) is 48.0 Å². The van der Waals surface area contributed by atoms with Gasteiger partial charge in [-0.25, -0.2) is 9.50 Å². The van der Waals surface area contributed by atoms with Crippen LogP contribution in [0.5, 0.6) is 0 Å². The van der Waals surface area contributed by atoms with Gasteiger partial charge in [0.25, 0.3) is 5.91 Å². The van der Waals surface area contributed by atoms with Crippen molar-refractivity contribution in [2.45, 2.75) is 19.1 Å². The summed E-state index contributed by atoms with van der Waals surface area (Å²) in [4.78, 5) is 22.0. The van der Waals surface area contributed by atoms with Crippen LogP contribution in [0.15, 0.2) is 79.1 Å². The van der Waals surface area contributed by atoms with Crippen molar-refractivity contribution in [3.8, 4) is 22.4 Å². The molecular weight excluding hydrogens is 517 g/mol. The normalized spacial score (nSPS) is 12.4. The summed E-state index contributed by atoms with van der Waals surface area (Å²) in [6.07, 6.45) is -1.37. The maximum Gasteiger partial charge on any atom is 0.416 e. The maximum absolute atomic E-state index is 13.3. The van der Waals surface area contributed by atoms with E-state index in [2.05, 4.69) is 20.4 Å². The minimum Gasteiger partial charge on any atom is -0.381 e. The maximum atomic E-state index is 13.3. The van der Waals surface area contributed by atoms with Crippen LogP contribution in [-0.4, -0.2) is 25.5 Å². The zero-order valence-corrected chi connectivity index (χ0v) is 20.6. The Kier molecular flexibility index (Phi) is 6.50. The van der Waals surface area contributed by atoms with Gasteiger partial charge in [-0.15, -0.1) is 5.10 Å². The number of halogens is 4. The molecule has 3 heterocycles. The molecule has 3 aromatic heterocycles. The molecule has 2 aromatic carbocycles. The van der Waals surface area contributed by atoms with E-state index in [0.717, 1.165) is 12.1 Å². The van der Waals surface area contributed by atoms with E-state index < -0.39 is 23.7 Å². The van der Waals surface area contributed by atoms with Crippen LogP contribution < -0.4 is 11.1 Å². The third kappa shape index (κ3) is 4.66. The third-order valence-electron chi connectivity index (χ3n) is 6.03. The number of nitrogens with two attached hydrogens (primary N) is 1. The van der Waals surface area contributed by atoms with Crippen molar-refractivity contribution >= 4 is 29.0 Å². The summed E-state index contributed by atoms with van der Waals surface area (Å²) in [7, 11) is 0. The van der Waals surface area contributed by atoms with E-state index >= 15 is 0 Å². The van der Waals surface area contributed by atoms with Crippen molar-refractivity contribution in [2.75, 3.05) is 5.73 Å². The molecule has 7 nitrogen and oxygen atoms in total. The van der Waals surface area contributed by atoms with Crippen LogP contribution in [0.2, 0.25) is 5.02 Å². The number of rotatable bonds is 5. The molecule has 3 N–H and O–H groups in total. The number of benzene rings is 2. The first kappa shape index (κ1) is 25.2. The number of pyridine rings is 1. The first-order valence-corrected chi connectivity index (χ1v) is 11.8. The first-order chi connectivity index (χ1) is 18.1. The molecule has 0 aliphatic rings. The van der Waals surface area contributed by atoms with Crippen LogP contribution in [0, 0.1) is 0 Å². The molecule has 0 radical (unpaired) electrons. The lowest BCUT2D eigenvalue weighted by Gasteiger charge is -2.15. The Balaban J connectivity index is 1.67. The van der Waals surface area contributed by atoms with Gasteiger partial charge in [-0.3, -0.25) is 9.78 Å².